The molecule has 0 radical (unpaired) electrons. The van der Waals surface area contributed by atoms with Crippen molar-refractivity contribution in [3.8, 4) is 11.8 Å². The van der Waals surface area contributed by atoms with E-state index in [-0.39, 0.29) is 0 Å². The van der Waals surface area contributed by atoms with E-state index in [1.165, 1.54) is 31.3 Å². The Hall–Kier alpha value is -0.960. The Balaban J connectivity index is 2.44. The minimum Gasteiger partial charge on any atom is -0.103 e. The van der Waals surface area contributed by atoms with Crippen LogP contribution in [0.15, 0.2) is 24.3 Å². The van der Waals surface area contributed by atoms with Gasteiger partial charge in [0.05, 0.1) is 0 Å². The monoisotopic (exact) mass is 174 g/mol. The summed E-state index contributed by atoms with van der Waals surface area (Å²) in [5.41, 5.74) is 1.35. The van der Waals surface area contributed by atoms with E-state index < -0.39 is 0 Å². The maximum Gasteiger partial charge on any atom is 0.0212 e. The van der Waals surface area contributed by atoms with Gasteiger partial charge in [0, 0.05) is 5.92 Å². The summed E-state index contributed by atoms with van der Waals surface area (Å²) in [5, 5.41) is 0. The first-order valence-corrected chi connectivity index (χ1v) is 5.14. The van der Waals surface area contributed by atoms with Crippen molar-refractivity contribution in [1.82, 2.24) is 0 Å². The predicted molar refractivity (Wildman–Crippen MR) is 58.3 cm³/mol. The van der Waals surface area contributed by atoms with Gasteiger partial charge in [-0.15, -0.1) is 6.58 Å². The molecule has 0 N–H and O–H groups in total. The average Bonchev–Trinajstić information content (AvgIpc) is 2.17. The van der Waals surface area contributed by atoms with Crippen molar-refractivity contribution in [2.24, 2.45) is 5.92 Å². The van der Waals surface area contributed by atoms with Gasteiger partial charge in [0.1, 0.15) is 0 Å². The molecule has 1 rings (SSSR count). The first-order valence-electron chi connectivity index (χ1n) is 5.14. The zero-order chi connectivity index (χ0) is 9.52. The second kappa shape index (κ2) is 5.65. The summed E-state index contributed by atoms with van der Waals surface area (Å²) in [4.78, 5) is 0. The standard InChI is InChI=1S/C13H18/c1-3-7-12(2)10-11-13-8-5-4-6-9-13/h3,8,12H,1,4-7,9H2,2H3. The SMILES string of the molecule is C=CCC(C)C#CC1=CCCCC1. The molecule has 0 aromatic rings. The Kier molecular flexibility index (Phi) is 4.40. The van der Waals surface area contributed by atoms with Crippen molar-refractivity contribution in [2.45, 2.75) is 39.0 Å². The third-order valence-electron chi connectivity index (χ3n) is 2.29. The molecule has 70 valence electrons. The molecule has 0 fully saturated rings. The molecule has 13 heavy (non-hydrogen) atoms. The summed E-state index contributed by atoms with van der Waals surface area (Å²) in [6, 6.07) is 0. The van der Waals surface area contributed by atoms with Gasteiger partial charge < -0.3 is 0 Å². The van der Waals surface area contributed by atoms with Crippen LogP contribution in [0.1, 0.15) is 39.0 Å². The van der Waals surface area contributed by atoms with Crippen LogP contribution < -0.4 is 0 Å². The highest BCUT2D eigenvalue weighted by Gasteiger charge is 2.00. The first kappa shape index (κ1) is 10.1. The molecule has 0 aromatic heterocycles. The Labute approximate surface area is 81.7 Å². The van der Waals surface area contributed by atoms with Crippen molar-refractivity contribution >= 4 is 0 Å². The van der Waals surface area contributed by atoms with Gasteiger partial charge in [-0.1, -0.05) is 30.9 Å². The fourth-order valence-corrected chi connectivity index (χ4v) is 1.48. The topological polar surface area (TPSA) is 0 Å². The number of rotatable bonds is 2. The summed E-state index contributed by atoms with van der Waals surface area (Å²) in [7, 11) is 0. The normalized spacial score (nSPS) is 18.1. The van der Waals surface area contributed by atoms with Crippen LogP contribution in [0.2, 0.25) is 0 Å². The molecule has 1 unspecified atom stereocenters. The second-order valence-electron chi connectivity index (χ2n) is 3.67. The average molecular weight is 174 g/mol. The van der Waals surface area contributed by atoms with E-state index in [1.54, 1.807) is 0 Å². The molecule has 0 aromatic carbocycles. The smallest absolute Gasteiger partial charge is 0.0212 e. The van der Waals surface area contributed by atoms with Crippen LogP contribution in [-0.2, 0) is 0 Å². The van der Waals surface area contributed by atoms with Gasteiger partial charge in [0.25, 0.3) is 0 Å². The van der Waals surface area contributed by atoms with Gasteiger partial charge in [-0.2, -0.15) is 0 Å². The van der Waals surface area contributed by atoms with Crippen molar-refractivity contribution in [2.75, 3.05) is 0 Å². The molecular weight excluding hydrogens is 156 g/mol. The number of hydrogen-bond donors (Lipinski definition) is 0. The molecule has 0 saturated heterocycles. The molecular formula is C13H18. The quantitative estimate of drug-likeness (QED) is 0.442. The summed E-state index contributed by atoms with van der Waals surface area (Å²) in [6.07, 6.45) is 10.3. The zero-order valence-electron chi connectivity index (χ0n) is 8.47. The van der Waals surface area contributed by atoms with Crippen LogP contribution in [0, 0.1) is 17.8 Å². The van der Waals surface area contributed by atoms with E-state index in [0.29, 0.717) is 5.92 Å². The minimum absolute atomic E-state index is 0.459. The molecule has 0 spiro atoms. The van der Waals surface area contributed by atoms with Crippen LogP contribution in [0.4, 0.5) is 0 Å². The van der Waals surface area contributed by atoms with Crippen LogP contribution in [-0.4, -0.2) is 0 Å². The highest BCUT2D eigenvalue weighted by Crippen LogP contribution is 2.16. The zero-order valence-corrected chi connectivity index (χ0v) is 8.47. The highest BCUT2D eigenvalue weighted by atomic mass is 14.0. The first-order chi connectivity index (χ1) is 6.33. The fraction of sp³-hybridized carbons (Fsp3) is 0.538. The van der Waals surface area contributed by atoms with Crippen molar-refractivity contribution in [1.29, 1.82) is 0 Å². The summed E-state index contributed by atoms with van der Waals surface area (Å²) in [5.74, 6) is 6.99. The Morgan fingerprint density at radius 3 is 3.08 bits per heavy atom. The van der Waals surface area contributed by atoms with Crippen LogP contribution in [0.3, 0.4) is 0 Å². The Bertz CT molecular complexity index is 247. The number of allylic oxidation sites excluding steroid dienone is 3. The summed E-state index contributed by atoms with van der Waals surface area (Å²) in [6.45, 7) is 5.86. The van der Waals surface area contributed by atoms with Gasteiger partial charge in [0.15, 0.2) is 0 Å². The molecule has 1 atom stereocenters. The molecule has 1 aliphatic rings. The van der Waals surface area contributed by atoms with Crippen molar-refractivity contribution in [3.05, 3.63) is 24.3 Å². The molecule has 0 heteroatoms. The molecule has 0 bridgehead atoms. The van der Waals surface area contributed by atoms with Gasteiger partial charge in [-0.05, 0) is 37.7 Å². The predicted octanol–water partition coefficient (Wildman–Crippen LogP) is 3.70. The van der Waals surface area contributed by atoms with Gasteiger partial charge in [0.2, 0.25) is 0 Å². The lowest BCUT2D eigenvalue weighted by Gasteiger charge is -2.06. The van der Waals surface area contributed by atoms with Gasteiger partial charge >= 0.3 is 0 Å². The third-order valence-corrected chi connectivity index (χ3v) is 2.29. The van der Waals surface area contributed by atoms with Crippen LogP contribution in [0.25, 0.3) is 0 Å². The van der Waals surface area contributed by atoms with Crippen molar-refractivity contribution in [3.63, 3.8) is 0 Å². The summed E-state index contributed by atoms with van der Waals surface area (Å²) >= 11 is 0. The molecule has 0 amide bonds. The molecule has 0 aliphatic heterocycles. The van der Waals surface area contributed by atoms with E-state index in [2.05, 4.69) is 31.4 Å². The lowest BCUT2D eigenvalue weighted by Crippen LogP contribution is -1.91. The lowest BCUT2D eigenvalue weighted by molar-refractivity contribution is 0.714. The lowest BCUT2D eigenvalue weighted by atomic mass is 9.99. The molecule has 0 nitrogen and oxygen atoms in total. The molecule has 0 heterocycles. The van der Waals surface area contributed by atoms with E-state index >= 15 is 0 Å². The third kappa shape index (κ3) is 3.99. The van der Waals surface area contributed by atoms with E-state index in [0.717, 1.165) is 6.42 Å². The van der Waals surface area contributed by atoms with E-state index in [4.69, 9.17) is 0 Å². The van der Waals surface area contributed by atoms with Crippen LogP contribution in [0.5, 0.6) is 0 Å². The van der Waals surface area contributed by atoms with Gasteiger partial charge in [-0.3, -0.25) is 0 Å². The Morgan fingerprint density at radius 2 is 2.46 bits per heavy atom. The van der Waals surface area contributed by atoms with E-state index in [9.17, 15) is 0 Å². The second-order valence-corrected chi connectivity index (χ2v) is 3.67. The largest absolute Gasteiger partial charge is 0.103 e. The highest BCUT2D eigenvalue weighted by molar-refractivity contribution is 5.30. The Morgan fingerprint density at radius 1 is 1.62 bits per heavy atom. The van der Waals surface area contributed by atoms with E-state index in [1.807, 2.05) is 6.08 Å². The molecule has 0 saturated carbocycles. The minimum atomic E-state index is 0.459. The summed E-state index contributed by atoms with van der Waals surface area (Å²) < 4.78 is 0. The number of hydrogen-bond acceptors (Lipinski definition) is 0. The maximum atomic E-state index is 3.71. The van der Waals surface area contributed by atoms with Crippen LogP contribution >= 0.6 is 0 Å². The maximum absolute atomic E-state index is 3.71. The molecule has 1 aliphatic carbocycles. The van der Waals surface area contributed by atoms with Crippen molar-refractivity contribution < 1.29 is 0 Å². The van der Waals surface area contributed by atoms with Gasteiger partial charge in [-0.25, -0.2) is 0 Å². The fourth-order valence-electron chi connectivity index (χ4n) is 1.48.